The zero-order valence-corrected chi connectivity index (χ0v) is 19.2. The van der Waals surface area contributed by atoms with Gasteiger partial charge in [0.25, 0.3) is 0 Å². The number of aromatic carboxylic acids is 1. The molecule has 0 fully saturated rings. The molecule has 2 N–H and O–H groups in total. The van der Waals surface area contributed by atoms with E-state index in [0.717, 1.165) is 5.56 Å². The smallest absolute Gasteiger partial charge is 0.351 e. The molecule has 32 heavy (non-hydrogen) atoms. The van der Waals surface area contributed by atoms with Gasteiger partial charge in [0, 0.05) is 29.9 Å². The highest BCUT2D eigenvalue weighted by atomic mass is 35.5. The van der Waals surface area contributed by atoms with Crippen LogP contribution in [0.25, 0.3) is 16.0 Å². The number of nitrogens with one attached hydrogen (secondary N) is 1. The van der Waals surface area contributed by atoms with Crippen molar-refractivity contribution in [3.05, 3.63) is 81.9 Å². The maximum absolute atomic E-state index is 12.4. The first-order valence-electron chi connectivity index (χ1n) is 9.86. The average molecular weight is 472 g/mol. The Bertz CT molecular complexity index is 1290. The van der Waals surface area contributed by atoms with Gasteiger partial charge in [-0.2, -0.15) is 0 Å². The minimum atomic E-state index is -3.64. The summed E-state index contributed by atoms with van der Waals surface area (Å²) in [7, 11) is -1.98. The van der Waals surface area contributed by atoms with Gasteiger partial charge in [-0.05, 0) is 48.2 Å². The predicted octanol–water partition coefficient (Wildman–Crippen LogP) is 4.68. The van der Waals surface area contributed by atoms with E-state index in [4.69, 9.17) is 18.2 Å². The van der Waals surface area contributed by atoms with E-state index in [1.807, 2.05) is 19.1 Å². The first-order valence-corrected chi connectivity index (χ1v) is 11.7. The molecule has 0 aliphatic rings. The summed E-state index contributed by atoms with van der Waals surface area (Å²) in [6.07, 6.45) is 0.990. The highest BCUT2D eigenvalue weighted by Gasteiger charge is 2.25. The molecule has 7 nitrogen and oxygen atoms in total. The first-order chi connectivity index (χ1) is 15.2. The van der Waals surface area contributed by atoms with Gasteiger partial charge in [0.15, 0.2) is 0 Å². The topological polar surface area (TPSA) is 92.8 Å². The lowest BCUT2D eigenvalue weighted by molar-refractivity contribution is 0.0687. The lowest BCUT2D eigenvalue weighted by Gasteiger charge is -2.08. The quantitative estimate of drug-likeness (QED) is 0.466. The standard InChI is InChI=1S/C23H22ClN3O4S/c1-4-19-21(25-2)20(22(23(28)29)27(19)3)16-7-5-15(6-8-16)13-14-26-32(30,31)18-11-9-17(24)10-12-18/h5-12,26H,4,13-14H2,1,3H3,(H,28,29). The van der Waals surface area contributed by atoms with Crippen molar-refractivity contribution in [3.63, 3.8) is 0 Å². The lowest BCUT2D eigenvalue weighted by Crippen LogP contribution is -2.25. The third-order valence-corrected chi connectivity index (χ3v) is 6.94. The highest BCUT2D eigenvalue weighted by molar-refractivity contribution is 7.89. The molecule has 9 heteroatoms. The van der Waals surface area contributed by atoms with Gasteiger partial charge in [-0.25, -0.2) is 22.8 Å². The molecule has 0 aliphatic heterocycles. The fraction of sp³-hybridized carbons (Fsp3) is 0.217. The summed E-state index contributed by atoms with van der Waals surface area (Å²) in [5.74, 6) is -1.09. The number of hydrogen-bond acceptors (Lipinski definition) is 3. The van der Waals surface area contributed by atoms with Gasteiger partial charge in [-0.15, -0.1) is 0 Å². The highest BCUT2D eigenvalue weighted by Crippen LogP contribution is 2.39. The minimum Gasteiger partial charge on any atom is -0.477 e. The second-order valence-corrected chi connectivity index (χ2v) is 9.35. The fourth-order valence-electron chi connectivity index (χ4n) is 3.63. The van der Waals surface area contributed by atoms with Crippen molar-refractivity contribution < 1.29 is 18.3 Å². The van der Waals surface area contributed by atoms with Gasteiger partial charge in [0.2, 0.25) is 15.7 Å². The van der Waals surface area contributed by atoms with Crippen LogP contribution in [0, 0.1) is 6.57 Å². The van der Waals surface area contributed by atoms with Crippen molar-refractivity contribution in [1.29, 1.82) is 0 Å². The molecule has 2 aromatic carbocycles. The molecule has 0 saturated carbocycles. The molecule has 0 bridgehead atoms. The van der Waals surface area contributed by atoms with Gasteiger partial charge in [0.1, 0.15) is 5.69 Å². The lowest BCUT2D eigenvalue weighted by atomic mass is 10.0. The monoisotopic (exact) mass is 471 g/mol. The van der Waals surface area contributed by atoms with Crippen LogP contribution in [0.15, 0.2) is 53.4 Å². The van der Waals surface area contributed by atoms with E-state index in [2.05, 4.69) is 9.57 Å². The molecule has 1 aromatic heterocycles. The molecule has 0 saturated heterocycles. The minimum absolute atomic E-state index is 0.0799. The van der Waals surface area contributed by atoms with Crippen molar-refractivity contribution in [2.45, 2.75) is 24.7 Å². The second-order valence-electron chi connectivity index (χ2n) is 7.15. The van der Waals surface area contributed by atoms with Crippen LogP contribution in [0.1, 0.15) is 28.7 Å². The zero-order valence-electron chi connectivity index (χ0n) is 17.6. The molecule has 0 radical (unpaired) electrons. The van der Waals surface area contributed by atoms with Crippen LogP contribution in [0.4, 0.5) is 5.69 Å². The Morgan fingerprint density at radius 3 is 2.31 bits per heavy atom. The van der Waals surface area contributed by atoms with Crippen molar-refractivity contribution in [1.82, 2.24) is 9.29 Å². The van der Waals surface area contributed by atoms with Crippen LogP contribution in [0.3, 0.4) is 0 Å². The SMILES string of the molecule is [C-]#[N+]c1c(-c2ccc(CCNS(=O)(=O)c3ccc(Cl)cc3)cc2)c(C(=O)O)n(C)c1CC. The predicted molar refractivity (Wildman–Crippen MR) is 124 cm³/mol. The Morgan fingerprint density at radius 1 is 1.16 bits per heavy atom. The van der Waals surface area contributed by atoms with Crippen molar-refractivity contribution in [2.24, 2.45) is 7.05 Å². The van der Waals surface area contributed by atoms with Crippen molar-refractivity contribution in [2.75, 3.05) is 6.54 Å². The largest absolute Gasteiger partial charge is 0.477 e. The van der Waals surface area contributed by atoms with Crippen LogP contribution in [0.5, 0.6) is 0 Å². The molecule has 3 rings (SSSR count). The number of benzene rings is 2. The number of halogens is 1. The molecule has 166 valence electrons. The molecule has 0 unspecified atom stereocenters. The molecular formula is C23H22ClN3O4S. The molecule has 0 atom stereocenters. The van der Waals surface area contributed by atoms with Crippen LogP contribution in [0.2, 0.25) is 5.02 Å². The van der Waals surface area contributed by atoms with Crippen molar-refractivity contribution in [3.8, 4) is 11.1 Å². The van der Waals surface area contributed by atoms with E-state index in [0.29, 0.717) is 40.4 Å². The summed E-state index contributed by atoms with van der Waals surface area (Å²) >= 11 is 5.80. The van der Waals surface area contributed by atoms with Crippen LogP contribution in [-0.4, -0.2) is 30.6 Å². The average Bonchev–Trinajstić information content (AvgIpc) is 3.06. The number of aromatic nitrogens is 1. The molecular weight excluding hydrogens is 450 g/mol. The molecule has 0 aliphatic carbocycles. The Balaban J connectivity index is 1.79. The summed E-state index contributed by atoms with van der Waals surface area (Å²) < 4.78 is 28.9. The summed E-state index contributed by atoms with van der Waals surface area (Å²) in [5, 5.41) is 10.2. The van der Waals surface area contributed by atoms with Crippen LogP contribution >= 0.6 is 11.6 Å². The Morgan fingerprint density at radius 2 is 1.78 bits per heavy atom. The Kier molecular flexibility index (Phi) is 7.04. The summed E-state index contributed by atoms with van der Waals surface area (Å²) in [5.41, 5.74) is 3.01. The second kappa shape index (κ2) is 9.57. The van der Waals surface area contributed by atoms with E-state index < -0.39 is 16.0 Å². The Hall–Kier alpha value is -3.12. The first kappa shape index (κ1) is 23.5. The van der Waals surface area contributed by atoms with E-state index in [1.54, 1.807) is 23.7 Å². The van der Waals surface area contributed by atoms with Gasteiger partial charge >= 0.3 is 5.97 Å². The number of carboxylic acids is 1. The number of rotatable bonds is 8. The Labute approximate surface area is 192 Å². The summed E-state index contributed by atoms with van der Waals surface area (Å²) in [6, 6.07) is 13.1. The van der Waals surface area contributed by atoms with Crippen molar-refractivity contribution >= 4 is 33.3 Å². The van der Waals surface area contributed by atoms with Crippen LogP contribution in [-0.2, 0) is 29.9 Å². The van der Waals surface area contributed by atoms with E-state index in [9.17, 15) is 18.3 Å². The molecule has 0 amide bonds. The maximum atomic E-state index is 12.4. The molecule has 3 aromatic rings. The van der Waals surface area contributed by atoms with Crippen LogP contribution < -0.4 is 4.72 Å². The summed E-state index contributed by atoms with van der Waals surface area (Å²) in [6.45, 7) is 9.63. The van der Waals surface area contributed by atoms with E-state index >= 15 is 0 Å². The number of hydrogen-bond donors (Lipinski definition) is 2. The number of carbonyl (C=O) groups is 1. The summed E-state index contributed by atoms with van der Waals surface area (Å²) in [4.78, 5) is 15.6. The molecule has 1 heterocycles. The van der Waals surface area contributed by atoms with E-state index in [-0.39, 0.29) is 17.1 Å². The number of sulfonamides is 1. The van der Waals surface area contributed by atoms with E-state index in [1.165, 1.54) is 24.3 Å². The zero-order chi connectivity index (χ0) is 23.5. The fourth-order valence-corrected chi connectivity index (χ4v) is 4.79. The van der Waals surface area contributed by atoms with Gasteiger partial charge in [-0.1, -0.05) is 42.8 Å². The van der Waals surface area contributed by atoms with Gasteiger partial charge < -0.3 is 9.67 Å². The maximum Gasteiger partial charge on any atom is 0.351 e. The number of nitrogens with zero attached hydrogens (tertiary/aromatic N) is 2. The third kappa shape index (κ3) is 4.70. The normalized spacial score (nSPS) is 11.3. The van der Waals surface area contributed by atoms with Gasteiger partial charge in [0.05, 0.1) is 11.5 Å². The van der Waals surface area contributed by atoms with Gasteiger partial charge in [-0.3, -0.25) is 0 Å². The third-order valence-electron chi connectivity index (χ3n) is 5.21. The molecule has 0 spiro atoms. The number of carboxylic acid groups (broad SMARTS) is 1.